The van der Waals surface area contributed by atoms with E-state index in [9.17, 15) is 14.5 Å². The first kappa shape index (κ1) is 18.0. The van der Waals surface area contributed by atoms with Gasteiger partial charge in [-0.25, -0.2) is 4.98 Å². The number of rotatable bonds is 7. The van der Waals surface area contributed by atoms with Crippen molar-refractivity contribution in [3.8, 4) is 0 Å². The van der Waals surface area contributed by atoms with Crippen LogP contribution in [0.4, 0.5) is 0 Å². The average molecular weight is 351 g/mol. The summed E-state index contributed by atoms with van der Waals surface area (Å²) in [5.74, 6) is -0.439. The monoisotopic (exact) mass is 351 g/mol. The van der Waals surface area contributed by atoms with Gasteiger partial charge < -0.3 is 9.67 Å². The van der Waals surface area contributed by atoms with Gasteiger partial charge in [-0.05, 0) is 30.9 Å². The van der Waals surface area contributed by atoms with Gasteiger partial charge in [0.1, 0.15) is 5.16 Å². The van der Waals surface area contributed by atoms with Crippen molar-refractivity contribution in [1.82, 2.24) is 4.98 Å². The van der Waals surface area contributed by atoms with E-state index >= 15 is 0 Å². The summed E-state index contributed by atoms with van der Waals surface area (Å²) in [5, 5.41) is 10.3. The molecule has 23 heavy (non-hydrogen) atoms. The second-order valence-corrected chi connectivity index (χ2v) is 8.68. The maximum absolute atomic E-state index is 11.6. The molecule has 3 unspecified atom stereocenters. The molecule has 0 bridgehead atoms. The van der Waals surface area contributed by atoms with Crippen molar-refractivity contribution >= 4 is 37.1 Å². The summed E-state index contributed by atoms with van der Waals surface area (Å²) in [4.78, 5) is 16.2. The molecule has 1 heterocycles. The Morgan fingerprint density at radius 3 is 2.61 bits per heavy atom. The molecule has 4 nitrogen and oxygen atoms in total. The van der Waals surface area contributed by atoms with Crippen LogP contribution in [-0.4, -0.2) is 27.0 Å². The molecule has 0 spiro atoms. The first-order valence-corrected chi connectivity index (χ1v) is 9.60. The lowest BCUT2D eigenvalue weighted by Crippen LogP contribution is -2.41. The lowest BCUT2D eigenvalue weighted by Gasteiger charge is -2.32. The van der Waals surface area contributed by atoms with Crippen molar-refractivity contribution in [2.24, 2.45) is 11.8 Å². The highest BCUT2D eigenvalue weighted by atomic mass is 32.2. The third-order valence-corrected chi connectivity index (χ3v) is 6.48. The van der Waals surface area contributed by atoms with Gasteiger partial charge in [0.2, 0.25) is 0 Å². The van der Waals surface area contributed by atoms with Crippen molar-refractivity contribution < 1.29 is 14.5 Å². The molecule has 3 atom stereocenters. The fourth-order valence-corrected chi connectivity index (χ4v) is 5.02. The molecular weight excluding hydrogens is 329 g/mol. The normalized spacial score (nSPS) is 16.0. The quantitative estimate of drug-likeness (QED) is 0.598. The lowest BCUT2D eigenvalue weighted by atomic mass is 9.85. The van der Waals surface area contributed by atoms with E-state index in [0.717, 1.165) is 15.9 Å². The van der Waals surface area contributed by atoms with Gasteiger partial charge in [-0.2, -0.15) is 0 Å². The first-order chi connectivity index (χ1) is 10.9. The molecule has 2 rings (SSSR count). The second-order valence-electron chi connectivity index (χ2n) is 6.21. The van der Waals surface area contributed by atoms with E-state index < -0.39 is 19.6 Å². The second kappa shape index (κ2) is 7.50. The third kappa shape index (κ3) is 3.96. The summed E-state index contributed by atoms with van der Waals surface area (Å²) in [6, 6.07) is 11.9. The molecular formula is C17H22NO3PS. The van der Waals surface area contributed by atoms with E-state index in [0.29, 0.717) is 5.75 Å². The zero-order chi connectivity index (χ0) is 17.0. The molecule has 0 aliphatic heterocycles. The van der Waals surface area contributed by atoms with Crippen LogP contribution in [0.5, 0.6) is 0 Å². The fourth-order valence-electron chi connectivity index (χ4n) is 2.66. The minimum Gasteiger partial charge on any atom is -0.480 e. The average Bonchev–Trinajstić information content (AvgIpc) is 2.54. The molecule has 0 aliphatic rings. The Hall–Kier alpha value is -1.32. The lowest BCUT2D eigenvalue weighted by molar-refractivity contribution is -0.141. The number of aromatic nitrogens is 1. The number of nitrogens with zero attached hydrogens (tertiary/aromatic N) is 1. The summed E-state index contributed by atoms with van der Waals surface area (Å²) in [7, 11) is -1.40. The van der Waals surface area contributed by atoms with Crippen molar-refractivity contribution in [1.29, 1.82) is 0 Å². The predicted octanol–water partition coefficient (Wildman–Crippen LogP) is 4.20. The molecule has 1 N–H and O–H groups in total. The van der Waals surface area contributed by atoms with Gasteiger partial charge >= 0.3 is 5.97 Å². The highest BCUT2D eigenvalue weighted by molar-refractivity contribution is 7.99. The van der Waals surface area contributed by atoms with Crippen molar-refractivity contribution in [2.45, 2.75) is 31.0 Å². The minimum atomic E-state index is -1.40. The highest BCUT2D eigenvalue weighted by Gasteiger charge is 2.42. The van der Waals surface area contributed by atoms with Gasteiger partial charge in [-0.1, -0.05) is 38.1 Å². The molecule has 0 saturated heterocycles. The fraction of sp³-hybridized carbons (Fsp3) is 0.412. The van der Waals surface area contributed by atoms with Crippen LogP contribution in [0.1, 0.15) is 20.8 Å². The smallest absolute Gasteiger partial charge is 0.316 e. The Morgan fingerprint density at radius 2 is 2.00 bits per heavy atom. The molecule has 0 amide bonds. The third-order valence-electron chi connectivity index (χ3n) is 4.26. The van der Waals surface area contributed by atoms with E-state index in [-0.39, 0.29) is 11.8 Å². The van der Waals surface area contributed by atoms with Crippen LogP contribution >= 0.6 is 20.2 Å². The van der Waals surface area contributed by atoms with Crippen molar-refractivity contribution in [3.05, 3.63) is 36.4 Å². The van der Waals surface area contributed by atoms with Crippen LogP contribution in [0.2, 0.25) is 0 Å². The summed E-state index contributed by atoms with van der Waals surface area (Å²) in [6.45, 7) is 5.56. The number of hydrogen-bond donors (Lipinski definition) is 1. The van der Waals surface area contributed by atoms with Gasteiger partial charge in [-0.15, -0.1) is 11.8 Å². The SMILES string of the molecule is CC(C)C(CSc1ccc2ccccc2n1)C(C)([PH2]=O)C(=O)O. The molecule has 124 valence electrons. The van der Waals surface area contributed by atoms with E-state index in [2.05, 4.69) is 4.98 Å². The van der Waals surface area contributed by atoms with E-state index in [1.165, 1.54) is 11.8 Å². The Labute approximate surface area is 141 Å². The van der Waals surface area contributed by atoms with Gasteiger partial charge in [0, 0.05) is 11.1 Å². The number of pyridine rings is 1. The molecule has 1 aromatic heterocycles. The zero-order valence-corrected chi connectivity index (χ0v) is 15.5. The van der Waals surface area contributed by atoms with Gasteiger partial charge in [-0.3, -0.25) is 4.79 Å². The number of carbonyl (C=O) groups is 1. The zero-order valence-electron chi connectivity index (χ0n) is 13.5. The summed E-state index contributed by atoms with van der Waals surface area (Å²) in [5.41, 5.74) is 0.925. The number of benzene rings is 1. The molecule has 6 heteroatoms. The summed E-state index contributed by atoms with van der Waals surface area (Å²) in [6.07, 6.45) is 0. The van der Waals surface area contributed by atoms with Crippen LogP contribution in [-0.2, 0) is 9.36 Å². The molecule has 0 aliphatic carbocycles. The highest BCUT2D eigenvalue weighted by Crippen LogP contribution is 2.39. The molecule has 2 aromatic rings. The molecule has 0 fully saturated rings. The van der Waals surface area contributed by atoms with Crippen LogP contribution in [0.25, 0.3) is 10.9 Å². The van der Waals surface area contributed by atoms with Gasteiger partial charge in [0.25, 0.3) is 0 Å². The number of para-hydroxylation sites is 1. The Balaban J connectivity index is 2.20. The van der Waals surface area contributed by atoms with Crippen LogP contribution in [0.3, 0.4) is 0 Å². The summed E-state index contributed by atoms with van der Waals surface area (Å²) >= 11 is 1.53. The van der Waals surface area contributed by atoms with E-state index in [4.69, 9.17) is 0 Å². The number of fused-ring (bicyclic) bond motifs is 1. The summed E-state index contributed by atoms with van der Waals surface area (Å²) < 4.78 is 11.6. The maximum atomic E-state index is 11.6. The van der Waals surface area contributed by atoms with Gasteiger partial charge in [0.15, 0.2) is 0 Å². The van der Waals surface area contributed by atoms with Crippen molar-refractivity contribution in [3.63, 3.8) is 0 Å². The minimum absolute atomic E-state index is 0.130. The van der Waals surface area contributed by atoms with E-state index in [1.807, 2.05) is 50.2 Å². The number of thioether (sulfide) groups is 1. The topological polar surface area (TPSA) is 67.3 Å². The predicted molar refractivity (Wildman–Crippen MR) is 97.2 cm³/mol. The Kier molecular flexibility index (Phi) is 5.88. The largest absolute Gasteiger partial charge is 0.480 e. The number of carboxylic acids is 1. The number of carboxylic acid groups (broad SMARTS) is 1. The Bertz CT molecular complexity index is 722. The molecule has 0 saturated carbocycles. The number of hydrogen-bond acceptors (Lipinski definition) is 4. The van der Waals surface area contributed by atoms with Crippen LogP contribution in [0, 0.1) is 11.8 Å². The van der Waals surface area contributed by atoms with Crippen molar-refractivity contribution in [2.75, 3.05) is 5.75 Å². The molecule has 1 aromatic carbocycles. The first-order valence-electron chi connectivity index (χ1n) is 7.57. The molecule has 0 radical (unpaired) electrons. The van der Waals surface area contributed by atoms with Crippen LogP contribution < -0.4 is 0 Å². The maximum Gasteiger partial charge on any atom is 0.316 e. The Morgan fingerprint density at radius 1 is 1.30 bits per heavy atom. The number of aliphatic carboxylic acids is 1. The van der Waals surface area contributed by atoms with Gasteiger partial charge in [0.05, 0.1) is 19.0 Å². The van der Waals surface area contributed by atoms with Crippen LogP contribution in [0.15, 0.2) is 41.4 Å². The van der Waals surface area contributed by atoms with E-state index in [1.54, 1.807) is 6.92 Å². The standard InChI is InChI=1S/C17H22NO3PS/c1-11(2)13(17(3,22-21)16(19)20)10-23-15-9-8-12-6-4-5-7-14(12)18-15/h4-9,11,13H,10,22H2,1-3H3,(H,19,20).